The summed E-state index contributed by atoms with van der Waals surface area (Å²) < 4.78 is 0.881. The van der Waals surface area contributed by atoms with E-state index in [2.05, 4.69) is 15.9 Å². The molecule has 5 nitrogen and oxygen atoms in total. The standard InChI is InChI=1S/C18H12BrNO4S/c19-14-3-1-2-12(8-14)10-20-16(21)15(25-18(20)24)9-11-4-6-13(7-5-11)17(22)23/h1-9H,10H2,(H,22,23)/b15-9-. The number of imide groups is 1. The number of rotatable bonds is 4. The van der Waals surface area contributed by atoms with Crippen molar-refractivity contribution in [2.45, 2.75) is 6.54 Å². The van der Waals surface area contributed by atoms with E-state index in [1.807, 2.05) is 24.3 Å². The van der Waals surface area contributed by atoms with Crippen LogP contribution in [0.2, 0.25) is 0 Å². The Balaban J connectivity index is 1.79. The summed E-state index contributed by atoms with van der Waals surface area (Å²) in [6.45, 7) is 0.208. The first-order valence-electron chi connectivity index (χ1n) is 7.27. The van der Waals surface area contributed by atoms with Crippen molar-refractivity contribution in [3.63, 3.8) is 0 Å². The van der Waals surface area contributed by atoms with E-state index >= 15 is 0 Å². The van der Waals surface area contributed by atoms with Crippen molar-refractivity contribution in [2.24, 2.45) is 0 Å². The summed E-state index contributed by atoms with van der Waals surface area (Å²) in [5, 5.41) is 8.58. The number of carboxylic acid groups (broad SMARTS) is 1. The maximum atomic E-state index is 12.5. The van der Waals surface area contributed by atoms with Crippen LogP contribution in [0.1, 0.15) is 21.5 Å². The van der Waals surface area contributed by atoms with Gasteiger partial charge in [0.1, 0.15) is 0 Å². The number of aromatic carboxylic acids is 1. The highest BCUT2D eigenvalue weighted by Gasteiger charge is 2.34. The molecule has 1 fully saturated rings. The molecule has 2 amide bonds. The molecule has 126 valence electrons. The van der Waals surface area contributed by atoms with Gasteiger partial charge in [-0.25, -0.2) is 4.79 Å². The highest BCUT2D eigenvalue weighted by Crippen LogP contribution is 2.33. The minimum Gasteiger partial charge on any atom is -0.478 e. The van der Waals surface area contributed by atoms with Crippen molar-refractivity contribution in [3.8, 4) is 0 Å². The molecular formula is C18H12BrNO4S. The summed E-state index contributed by atoms with van der Waals surface area (Å²) >= 11 is 4.25. The molecule has 1 N–H and O–H groups in total. The Morgan fingerprint density at radius 3 is 2.52 bits per heavy atom. The fourth-order valence-corrected chi connectivity index (χ4v) is 3.61. The molecule has 0 atom stereocenters. The quantitative estimate of drug-likeness (QED) is 0.746. The third-order valence-corrected chi connectivity index (χ3v) is 4.96. The van der Waals surface area contributed by atoms with E-state index in [4.69, 9.17) is 5.11 Å². The van der Waals surface area contributed by atoms with Crippen LogP contribution in [-0.2, 0) is 11.3 Å². The average Bonchev–Trinajstić information content (AvgIpc) is 2.83. The van der Waals surface area contributed by atoms with Crippen molar-refractivity contribution in [3.05, 3.63) is 74.6 Å². The predicted molar refractivity (Wildman–Crippen MR) is 99.1 cm³/mol. The van der Waals surface area contributed by atoms with Crippen LogP contribution in [0.3, 0.4) is 0 Å². The molecule has 2 aromatic rings. The van der Waals surface area contributed by atoms with Gasteiger partial charge in [-0.2, -0.15) is 0 Å². The Bertz CT molecular complexity index is 892. The topological polar surface area (TPSA) is 74.7 Å². The zero-order chi connectivity index (χ0) is 18.0. The van der Waals surface area contributed by atoms with E-state index in [-0.39, 0.29) is 23.3 Å². The van der Waals surface area contributed by atoms with E-state index in [1.165, 1.54) is 17.0 Å². The number of thioether (sulfide) groups is 1. The summed E-state index contributed by atoms with van der Waals surface area (Å²) in [7, 11) is 0. The van der Waals surface area contributed by atoms with Crippen LogP contribution >= 0.6 is 27.7 Å². The zero-order valence-corrected chi connectivity index (χ0v) is 15.2. The molecule has 1 aliphatic heterocycles. The molecule has 3 rings (SSSR count). The Morgan fingerprint density at radius 1 is 1.16 bits per heavy atom. The van der Waals surface area contributed by atoms with Crippen LogP contribution in [0.4, 0.5) is 4.79 Å². The molecule has 0 radical (unpaired) electrons. The molecule has 0 saturated carbocycles. The number of hydrogen-bond donors (Lipinski definition) is 1. The minimum atomic E-state index is -1.01. The predicted octanol–water partition coefficient (Wildman–Crippen LogP) is 4.38. The molecule has 1 saturated heterocycles. The van der Waals surface area contributed by atoms with E-state index in [1.54, 1.807) is 18.2 Å². The summed E-state index contributed by atoms with van der Waals surface area (Å²) in [6.07, 6.45) is 1.59. The van der Waals surface area contributed by atoms with Crippen molar-refractivity contribution in [1.82, 2.24) is 4.90 Å². The van der Waals surface area contributed by atoms with Gasteiger partial charge in [0, 0.05) is 4.47 Å². The fraction of sp³-hybridized carbons (Fsp3) is 0.0556. The summed E-state index contributed by atoms with van der Waals surface area (Å²) in [4.78, 5) is 37.0. The van der Waals surface area contributed by atoms with Crippen LogP contribution in [0.15, 0.2) is 57.9 Å². The van der Waals surface area contributed by atoms with Gasteiger partial charge in [-0.3, -0.25) is 14.5 Å². The Hall–Kier alpha value is -2.38. The number of nitrogens with zero attached hydrogens (tertiary/aromatic N) is 1. The Morgan fingerprint density at radius 2 is 1.88 bits per heavy atom. The van der Waals surface area contributed by atoms with E-state index < -0.39 is 5.97 Å². The number of carboxylic acids is 1. The molecule has 7 heteroatoms. The van der Waals surface area contributed by atoms with Gasteiger partial charge in [-0.15, -0.1) is 0 Å². The van der Waals surface area contributed by atoms with Crippen LogP contribution in [0, 0.1) is 0 Å². The summed E-state index contributed by atoms with van der Waals surface area (Å²) in [6, 6.07) is 13.5. The van der Waals surface area contributed by atoms with Crippen molar-refractivity contribution < 1.29 is 19.5 Å². The highest BCUT2D eigenvalue weighted by atomic mass is 79.9. The second-order valence-corrected chi connectivity index (χ2v) is 7.23. The lowest BCUT2D eigenvalue weighted by Gasteiger charge is -2.12. The average molecular weight is 418 g/mol. The molecule has 0 aromatic heterocycles. The normalized spacial score (nSPS) is 15.9. The lowest BCUT2D eigenvalue weighted by atomic mass is 10.1. The zero-order valence-electron chi connectivity index (χ0n) is 12.8. The van der Waals surface area contributed by atoms with Crippen molar-refractivity contribution in [1.29, 1.82) is 0 Å². The second-order valence-electron chi connectivity index (χ2n) is 5.32. The smallest absolute Gasteiger partial charge is 0.335 e. The molecule has 1 aliphatic rings. The second kappa shape index (κ2) is 7.25. The third kappa shape index (κ3) is 4.00. The van der Waals surface area contributed by atoms with E-state index in [0.717, 1.165) is 21.8 Å². The first kappa shape index (κ1) is 17.4. The van der Waals surface area contributed by atoms with Crippen LogP contribution < -0.4 is 0 Å². The van der Waals surface area contributed by atoms with E-state index in [9.17, 15) is 14.4 Å². The number of carbonyl (C=O) groups excluding carboxylic acids is 2. The van der Waals surface area contributed by atoms with Gasteiger partial charge in [0.25, 0.3) is 11.1 Å². The number of amides is 2. The van der Waals surface area contributed by atoms with Gasteiger partial charge in [-0.1, -0.05) is 40.2 Å². The number of benzene rings is 2. The lowest BCUT2D eigenvalue weighted by molar-refractivity contribution is -0.123. The molecule has 0 spiro atoms. The van der Waals surface area contributed by atoms with Crippen LogP contribution in [0.5, 0.6) is 0 Å². The van der Waals surface area contributed by atoms with Crippen molar-refractivity contribution in [2.75, 3.05) is 0 Å². The molecule has 2 aromatic carbocycles. The summed E-state index contributed by atoms with van der Waals surface area (Å²) in [5.41, 5.74) is 1.68. The van der Waals surface area contributed by atoms with Gasteiger partial charge in [0.2, 0.25) is 0 Å². The van der Waals surface area contributed by atoms with Gasteiger partial charge in [-0.05, 0) is 53.2 Å². The molecule has 0 unspecified atom stereocenters. The van der Waals surface area contributed by atoms with Crippen LogP contribution in [-0.4, -0.2) is 27.1 Å². The molecular weight excluding hydrogens is 406 g/mol. The molecule has 0 aliphatic carbocycles. The summed E-state index contributed by atoms with van der Waals surface area (Å²) in [5.74, 6) is -1.36. The lowest BCUT2D eigenvalue weighted by Crippen LogP contribution is -2.27. The van der Waals surface area contributed by atoms with Gasteiger partial charge in [0.05, 0.1) is 17.0 Å². The third-order valence-electron chi connectivity index (χ3n) is 3.56. The highest BCUT2D eigenvalue weighted by molar-refractivity contribution is 9.10. The van der Waals surface area contributed by atoms with Gasteiger partial charge >= 0.3 is 5.97 Å². The first-order chi connectivity index (χ1) is 11.9. The van der Waals surface area contributed by atoms with Crippen molar-refractivity contribution >= 4 is 50.9 Å². The fourth-order valence-electron chi connectivity index (χ4n) is 2.33. The Kier molecular flexibility index (Phi) is 5.06. The molecule has 25 heavy (non-hydrogen) atoms. The number of hydrogen-bond acceptors (Lipinski definition) is 4. The molecule has 1 heterocycles. The SMILES string of the molecule is O=C(O)c1ccc(/C=C2\SC(=O)N(Cc3cccc(Br)c3)C2=O)cc1. The first-order valence-corrected chi connectivity index (χ1v) is 8.88. The van der Waals surface area contributed by atoms with Gasteiger partial charge < -0.3 is 5.11 Å². The van der Waals surface area contributed by atoms with Crippen LogP contribution in [0.25, 0.3) is 6.08 Å². The maximum absolute atomic E-state index is 12.5. The maximum Gasteiger partial charge on any atom is 0.335 e. The monoisotopic (exact) mass is 417 g/mol. The largest absolute Gasteiger partial charge is 0.478 e. The van der Waals surface area contributed by atoms with Gasteiger partial charge in [0.15, 0.2) is 0 Å². The number of carbonyl (C=O) groups is 3. The number of halogens is 1. The van der Waals surface area contributed by atoms with E-state index in [0.29, 0.717) is 10.5 Å². The minimum absolute atomic E-state index is 0.167. The molecule has 0 bridgehead atoms. The Labute approximate surface area is 156 Å².